The van der Waals surface area contributed by atoms with Crippen molar-refractivity contribution in [1.82, 2.24) is 4.98 Å². The fourth-order valence-corrected chi connectivity index (χ4v) is 8.90. The van der Waals surface area contributed by atoms with Crippen LogP contribution in [-0.2, 0) is 5.41 Å². The van der Waals surface area contributed by atoms with Crippen LogP contribution in [0.2, 0.25) is 0 Å². The average molecular weight is 677 g/mol. The van der Waals surface area contributed by atoms with Crippen LogP contribution in [0.1, 0.15) is 22.3 Å². The van der Waals surface area contributed by atoms with Gasteiger partial charge in [-0.25, -0.2) is 4.98 Å². The van der Waals surface area contributed by atoms with Gasteiger partial charge in [-0.1, -0.05) is 146 Å². The van der Waals surface area contributed by atoms with Gasteiger partial charge in [0, 0.05) is 39.1 Å². The number of rotatable bonds is 6. The minimum absolute atomic E-state index is 0.498. The van der Waals surface area contributed by atoms with Crippen molar-refractivity contribution >= 4 is 27.8 Å². The van der Waals surface area contributed by atoms with E-state index in [1.165, 1.54) is 38.8 Å². The lowest BCUT2D eigenvalue weighted by Crippen LogP contribution is -2.28. The maximum Gasteiger partial charge on any atom is 0.227 e. The molecule has 3 heteroatoms. The van der Waals surface area contributed by atoms with Gasteiger partial charge in [-0.05, 0) is 87.3 Å². The summed E-state index contributed by atoms with van der Waals surface area (Å²) in [5, 5.41) is 2.34. The Kier molecular flexibility index (Phi) is 6.47. The first kappa shape index (κ1) is 29.7. The van der Waals surface area contributed by atoms with Crippen molar-refractivity contribution in [3.8, 4) is 45.2 Å². The van der Waals surface area contributed by atoms with E-state index in [-0.39, 0.29) is 0 Å². The van der Waals surface area contributed by atoms with Gasteiger partial charge in [0.25, 0.3) is 0 Å². The SMILES string of the molecule is c1ccc(-c2nc3c(o2)-c2cc(N(c4ccccc4)c4ccc5c(c4)C(c4ccccc4)(c4ccccc4)c4ccccc4-5)cc4cccc-3c24)cc1. The van der Waals surface area contributed by atoms with E-state index in [4.69, 9.17) is 9.40 Å². The molecule has 0 saturated carbocycles. The summed E-state index contributed by atoms with van der Waals surface area (Å²) >= 11 is 0. The number of aromatic nitrogens is 1. The van der Waals surface area contributed by atoms with Crippen molar-refractivity contribution in [1.29, 1.82) is 0 Å². The molecular formula is C50H32N2O. The van der Waals surface area contributed by atoms with Gasteiger partial charge in [0.1, 0.15) is 5.69 Å². The van der Waals surface area contributed by atoms with Crippen molar-refractivity contribution in [2.45, 2.75) is 5.41 Å². The number of nitrogens with zero attached hydrogens (tertiary/aromatic N) is 2. The van der Waals surface area contributed by atoms with Gasteiger partial charge >= 0.3 is 0 Å². The second-order valence-corrected chi connectivity index (χ2v) is 13.9. The van der Waals surface area contributed by atoms with Crippen molar-refractivity contribution in [3.05, 3.63) is 216 Å². The molecule has 248 valence electrons. The lowest BCUT2D eigenvalue weighted by molar-refractivity contribution is 0.590. The monoisotopic (exact) mass is 676 g/mol. The summed E-state index contributed by atoms with van der Waals surface area (Å²) in [7, 11) is 0. The zero-order valence-corrected chi connectivity index (χ0v) is 28.8. The van der Waals surface area contributed by atoms with Crippen molar-refractivity contribution in [2.75, 3.05) is 4.90 Å². The second kappa shape index (κ2) is 11.5. The van der Waals surface area contributed by atoms with Crippen LogP contribution in [0.15, 0.2) is 199 Å². The molecule has 1 aromatic heterocycles. The molecule has 0 radical (unpaired) electrons. The molecule has 0 saturated heterocycles. The summed E-state index contributed by atoms with van der Waals surface area (Å²) in [5.41, 5.74) is 14.4. The highest BCUT2D eigenvalue weighted by Crippen LogP contribution is 2.58. The molecule has 2 aliphatic carbocycles. The Labute approximate surface area is 308 Å². The lowest BCUT2D eigenvalue weighted by Gasteiger charge is -2.35. The minimum atomic E-state index is -0.498. The molecular weight excluding hydrogens is 645 g/mol. The van der Waals surface area contributed by atoms with Crippen LogP contribution in [0.5, 0.6) is 0 Å². The quantitative estimate of drug-likeness (QED) is 0.176. The molecule has 0 N–H and O–H groups in total. The third kappa shape index (κ3) is 4.31. The molecule has 0 amide bonds. The van der Waals surface area contributed by atoms with Gasteiger partial charge in [0.05, 0.1) is 5.41 Å². The number of hydrogen-bond acceptors (Lipinski definition) is 3. The van der Waals surface area contributed by atoms with E-state index in [2.05, 4.69) is 169 Å². The number of anilines is 3. The molecule has 0 unspecified atom stereocenters. The minimum Gasteiger partial charge on any atom is -0.435 e. The van der Waals surface area contributed by atoms with E-state index in [0.717, 1.165) is 50.6 Å². The highest BCUT2D eigenvalue weighted by Gasteiger charge is 2.46. The molecule has 0 atom stereocenters. The summed E-state index contributed by atoms with van der Waals surface area (Å²) in [4.78, 5) is 7.43. The molecule has 53 heavy (non-hydrogen) atoms. The van der Waals surface area contributed by atoms with E-state index in [0.29, 0.717) is 5.89 Å². The fourth-order valence-electron chi connectivity index (χ4n) is 8.90. The highest BCUT2D eigenvalue weighted by molar-refractivity contribution is 6.15. The average Bonchev–Trinajstić information content (AvgIpc) is 3.89. The zero-order valence-electron chi connectivity index (χ0n) is 28.8. The number of oxazole rings is 1. The molecule has 11 rings (SSSR count). The smallest absolute Gasteiger partial charge is 0.227 e. The first-order chi connectivity index (χ1) is 26.3. The molecule has 0 aliphatic heterocycles. The first-order valence-electron chi connectivity index (χ1n) is 18.1. The Morgan fingerprint density at radius 2 is 1.06 bits per heavy atom. The summed E-state index contributed by atoms with van der Waals surface area (Å²) in [6.45, 7) is 0. The molecule has 3 nitrogen and oxygen atoms in total. The largest absolute Gasteiger partial charge is 0.435 e. The molecule has 2 aliphatic rings. The van der Waals surface area contributed by atoms with Crippen LogP contribution in [0.4, 0.5) is 17.1 Å². The lowest BCUT2D eigenvalue weighted by atomic mass is 9.67. The number of benzene rings is 8. The van der Waals surface area contributed by atoms with E-state index in [1.807, 2.05) is 30.3 Å². The Bertz CT molecular complexity index is 2780. The third-order valence-corrected chi connectivity index (χ3v) is 11.1. The van der Waals surface area contributed by atoms with Crippen LogP contribution in [0.3, 0.4) is 0 Å². The van der Waals surface area contributed by atoms with Crippen LogP contribution >= 0.6 is 0 Å². The van der Waals surface area contributed by atoms with Crippen LogP contribution in [-0.4, -0.2) is 4.98 Å². The summed E-state index contributed by atoms with van der Waals surface area (Å²) in [6, 6.07) is 69.9. The topological polar surface area (TPSA) is 29.3 Å². The number of hydrogen-bond donors (Lipinski definition) is 0. The molecule has 0 fully saturated rings. The maximum absolute atomic E-state index is 6.62. The number of fused-ring (bicyclic) bond motifs is 6. The van der Waals surface area contributed by atoms with Gasteiger partial charge in [-0.15, -0.1) is 0 Å². The summed E-state index contributed by atoms with van der Waals surface area (Å²) < 4.78 is 6.62. The third-order valence-electron chi connectivity index (χ3n) is 11.1. The van der Waals surface area contributed by atoms with Crippen LogP contribution < -0.4 is 4.90 Å². The van der Waals surface area contributed by atoms with Crippen molar-refractivity contribution in [3.63, 3.8) is 0 Å². The molecule has 9 aromatic rings. The van der Waals surface area contributed by atoms with Crippen LogP contribution in [0.25, 0.3) is 55.9 Å². The summed E-state index contributed by atoms with van der Waals surface area (Å²) in [5.74, 6) is 1.46. The van der Waals surface area contributed by atoms with Crippen molar-refractivity contribution in [2.24, 2.45) is 0 Å². The van der Waals surface area contributed by atoms with E-state index >= 15 is 0 Å². The Hall–Kier alpha value is -6.97. The predicted octanol–water partition coefficient (Wildman–Crippen LogP) is 13.0. The van der Waals surface area contributed by atoms with Gasteiger partial charge in [-0.2, -0.15) is 0 Å². The molecule has 8 aromatic carbocycles. The standard InChI is InChI=1S/C50H32N2O/c1-5-16-33(17-6-1)49-51-47-42-26-15-18-34-30-39(31-43(46(34)42)48(47)53-49)52(37-23-11-4-12-24-37)38-28-29-41-40-25-13-14-27-44(40)50(45(41)32-38,35-19-7-2-8-20-35)36-21-9-3-10-22-36/h1-32H. The predicted molar refractivity (Wildman–Crippen MR) is 216 cm³/mol. The van der Waals surface area contributed by atoms with Crippen molar-refractivity contribution < 1.29 is 4.42 Å². The molecule has 1 heterocycles. The normalized spacial score (nSPS) is 13.1. The maximum atomic E-state index is 6.62. The van der Waals surface area contributed by atoms with E-state index in [9.17, 15) is 0 Å². The Balaban J connectivity index is 1.16. The zero-order chi connectivity index (χ0) is 34.9. The van der Waals surface area contributed by atoms with E-state index in [1.54, 1.807) is 0 Å². The molecule has 0 bridgehead atoms. The van der Waals surface area contributed by atoms with Gasteiger partial charge in [0.2, 0.25) is 5.89 Å². The van der Waals surface area contributed by atoms with Gasteiger partial charge in [-0.3, -0.25) is 0 Å². The Morgan fingerprint density at radius 1 is 0.434 bits per heavy atom. The second-order valence-electron chi connectivity index (χ2n) is 13.9. The van der Waals surface area contributed by atoms with E-state index < -0.39 is 5.41 Å². The Morgan fingerprint density at radius 3 is 1.79 bits per heavy atom. The summed E-state index contributed by atoms with van der Waals surface area (Å²) in [6.07, 6.45) is 0. The van der Waals surface area contributed by atoms with Gasteiger partial charge in [0.15, 0.2) is 5.76 Å². The first-order valence-corrected chi connectivity index (χ1v) is 18.1. The molecule has 0 spiro atoms. The fraction of sp³-hybridized carbons (Fsp3) is 0.0200. The highest BCUT2D eigenvalue weighted by atomic mass is 16.4. The van der Waals surface area contributed by atoms with Gasteiger partial charge < -0.3 is 9.32 Å². The number of para-hydroxylation sites is 1. The van der Waals surface area contributed by atoms with Crippen LogP contribution in [0, 0.1) is 0 Å².